The van der Waals surface area contributed by atoms with E-state index in [1.54, 1.807) is 13.8 Å². The summed E-state index contributed by atoms with van der Waals surface area (Å²) in [4.78, 5) is 32.5. The maximum atomic E-state index is 11.3. The van der Waals surface area contributed by atoms with Gasteiger partial charge in [0.15, 0.2) is 6.10 Å². The molecule has 0 heterocycles. The molecule has 2 atom stereocenters. The summed E-state index contributed by atoms with van der Waals surface area (Å²) in [5.74, 6) is -2.32. The van der Waals surface area contributed by atoms with Gasteiger partial charge < -0.3 is 26.6 Å². The lowest BCUT2D eigenvalue weighted by Gasteiger charge is -2.19. The van der Waals surface area contributed by atoms with Crippen molar-refractivity contribution in [3.05, 3.63) is 0 Å². The van der Waals surface area contributed by atoms with E-state index in [9.17, 15) is 14.4 Å². The number of rotatable bonds is 6. The summed E-state index contributed by atoms with van der Waals surface area (Å²) >= 11 is 0. The highest BCUT2D eigenvalue weighted by atomic mass is 16.4. The van der Waals surface area contributed by atoms with Crippen molar-refractivity contribution < 1.29 is 24.6 Å². The molecule has 0 aliphatic heterocycles. The quantitative estimate of drug-likeness (QED) is 0.378. The third-order valence-corrected chi connectivity index (χ3v) is 2.00. The molecule has 8 heteroatoms. The largest absolute Gasteiger partial charge is 0.479 e. The van der Waals surface area contributed by atoms with Crippen LogP contribution < -0.4 is 16.4 Å². The zero-order valence-corrected chi connectivity index (χ0v) is 9.64. The number of primary amides is 1. The van der Waals surface area contributed by atoms with Crippen LogP contribution >= 0.6 is 0 Å². The molecule has 0 spiro atoms. The fourth-order valence-corrected chi connectivity index (χ4v) is 1.04. The van der Waals surface area contributed by atoms with Crippen LogP contribution in [0.3, 0.4) is 0 Å². The molecular weight excluding hydrogens is 230 g/mol. The molecule has 6 N–H and O–H groups in total. The Morgan fingerprint density at radius 1 is 1.29 bits per heavy atom. The van der Waals surface area contributed by atoms with Crippen LogP contribution in [0.5, 0.6) is 0 Å². The van der Waals surface area contributed by atoms with E-state index in [4.69, 9.17) is 15.9 Å². The molecule has 8 nitrogen and oxygen atoms in total. The topological polar surface area (TPSA) is 142 Å². The van der Waals surface area contributed by atoms with E-state index in [-0.39, 0.29) is 5.92 Å². The van der Waals surface area contributed by atoms with Crippen LogP contribution in [-0.2, 0) is 9.59 Å². The van der Waals surface area contributed by atoms with Gasteiger partial charge in [-0.15, -0.1) is 0 Å². The predicted octanol–water partition coefficient (Wildman–Crippen LogP) is -1.76. The second-order valence-electron chi connectivity index (χ2n) is 3.83. The first-order valence-electron chi connectivity index (χ1n) is 5.00. The molecule has 0 rings (SSSR count). The smallest absolute Gasteiger partial charge is 0.334 e. The molecular formula is C9H17N3O5. The molecule has 0 aliphatic carbocycles. The first-order chi connectivity index (χ1) is 7.75. The minimum absolute atomic E-state index is 0.192. The average Bonchev–Trinajstić information content (AvgIpc) is 2.21. The van der Waals surface area contributed by atoms with Crippen LogP contribution in [0.2, 0.25) is 0 Å². The highest BCUT2D eigenvalue weighted by molar-refractivity contribution is 5.86. The number of aliphatic hydroxyl groups is 1. The monoisotopic (exact) mass is 247 g/mol. The van der Waals surface area contributed by atoms with Crippen LogP contribution in [-0.4, -0.2) is 46.8 Å². The van der Waals surface area contributed by atoms with Crippen LogP contribution in [0.25, 0.3) is 0 Å². The number of nitrogens with one attached hydrogen (secondary N) is 2. The van der Waals surface area contributed by atoms with E-state index in [0.717, 1.165) is 0 Å². The number of aliphatic hydroxyl groups excluding tert-OH is 1. The summed E-state index contributed by atoms with van der Waals surface area (Å²) < 4.78 is 0. The van der Waals surface area contributed by atoms with Gasteiger partial charge >= 0.3 is 12.0 Å². The molecule has 0 radical (unpaired) electrons. The van der Waals surface area contributed by atoms with Gasteiger partial charge in [0, 0.05) is 0 Å². The van der Waals surface area contributed by atoms with Crippen LogP contribution in [0.1, 0.15) is 13.8 Å². The second-order valence-corrected chi connectivity index (χ2v) is 3.83. The van der Waals surface area contributed by atoms with Crippen molar-refractivity contribution >= 4 is 17.9 Å². The fourth-order valence-electron chi connectivity index (χ4n) is 1.04. The van der Waals surface area contributed by atoms with Crippen LogP contribution in [0.4, 0.5) is 4.79 Å². The summed E-state index contributed by atoms with van der Waals surface area (Å²) in [5, 5.41) is 21.6. The summed E-state index contributed by atoms with van der Waals surface area (Å²) in [6.07, 6.45) is -1.69. The number of hydrogen-bond acceptors (Lipinski definition) is 4. The molecule has 0 saturated heterocycles. The summed E-state index contributed by atoms with van der Waals surface area (Å²) in [7, 11) is 0. The molecule has 2 unspecified atom stereocenters. The third kappa shape index (κ3) is 5.71. The summed E-state index contributed by atoms with van der Waals surface area (Å²) in [6.45, 7) is 2.94. The van der Waals surface area contributed by atoms with Gasteiger partial charge in [-0.3, -0.25) is 4.79 Å². The number of hydrogen-bond donors (Lipinski definition) is 5. The molecule has 0 saturated carbocycles. The standard InChI is InChI=1S/C9H17N3O5/c1-4(2)6(7(10)14)12-9(17)11-3-5(13)8(15)16/h4-6,13H,3H2,1-2H3,(H2,10,14)(H,15,16)(H2,11,12,17). The van der Waals surface area contributed by atoms with E-state index >= 15 is 0 Å². The predicted molar refractivity (Wildman–Crippen MR) is 58.0 cm³/mol. The van der Waals surface area contributed by atoms with Crippen molar-refractivity contribution in [2.45, 2.75) is 26.0 Å². The molecule has 0 fully saturated rings. The Morgan fingerprint density at radius 2 is 1.82 bits per heavy atom. The number of aliphatic carboxylic acids is 1. The number of carboxylic acid groups (broad SMARTS) is 1. The van der Waals surface area contributed by atoms with Crippen molar-refractivity contribution in [2.24, 2.45) is 11.7 Å². The molecule has 0 aromatic rings. The normalized spacial score (nSPS) is 13.9. The third-order valence-electron chi connectivity index (χ3n) is 2.00. The lowest BCUT2D eigenvalue weighted by Crippen LogP contribution is -2.52. The van der Waals surface area contributed by atoms with Gasteiger partial charge in [-0.25, -0.2) is 9.59 Å². The number of amides is 3. The minimum Gasteiger partial charge on any atom is -0.479 e. The Morgan fingerprint density at radius 3 is 2.18 bits per heavy atom. The molecule has 0 aliphatic rings. The fraction of sp³-hybridized carbons (Fsp3) is 0.667. The van der Waals surface area contributed by atoms with Gasteiger partial charge in [0.1, 0.15) is 6.04 Å². The Kier molecular flexibility index (Phi) is 5.97. The van der Waals surface area contributed by atoms with Crippen molar-refractivity contribution in [1.29, 1.82) is 0 Å². The summed E-state index contributed by atoms with van der Waals surface area (Å²) in [6, 6.07) is -1.61. The van der Waals surface area contributed by atoms with Gasteiger partial charge in [0.25, 0.3) is 0 Å². The zero-order chi connectivity index (χ0) is 13.6. The minimum atomic E-state index is -1.69. The van der Waals surface area contributed by atoms with Gasteiger partial charge in [-0.05, 0) is 5.92 Å². The molecule has 17 heavy (non-hydrogen) atoms. The van der Waals surface area contributed by atoms with Gasteiger partial charge in [0.05, 0.1) is 6.54 Å². The Labute approximate surface area is 98.2 Å². The SMILES string of the molecule is CC(C)C(NC(=O)NCC(O)C(=O)O)C(N)=O. The number of carbonyl (C=O) groups excluding carboxylic acids is 2. The first kappa shape index (κ1) is 15.2. The van der Waals surface area contributed by atoms with E-state index in [0.29, 0.717) is 0 Å². The Bertz CT molecular complexity index is 305. The highest BCUT2D eigenvalue weighted by Gasteiger charge is 2.22. The second kappa shape index (κ2) is 6.69. The van der Waals surface area contributed by atoms with Crippen molar-refractivity contribution in [3.8, 4) is 0 Å². The van der Waals surface area contributed by atoms with Crippen LogP contribution in [0.15, 0.2) is 0 Å². The van der Waals surface area contributed by atoms with Gasteiger partial charge in [-0.1, -0.05) is 13.8 Å². The Balaban J connectivity index is 4.16. The average molecular weight is 247 g/mol. The number of urea groups is 1. The molecule has 0 aromatic heterocycles. The molecule has 98 valence electrons. The Hall–Kier alpha value is -1.83. The van der Waals surface area contributed by atoms with E-state index < -0.39 is 36.6 Å². The van der Waals surface area contributed by atoms with Crippen molar-refractivity contribution in [2.75, 3.05) is 6.54 Å². The lowest BCUT2D eigenvalue weighted by atomic mass is 10.0. The van der Waals surface area contributed by atoms with E-state index in [2.05, 4.69) is 10.6 Å². The summed E-state index contributed by atoms with van der Waals surface area (Å²) in [5.41, 5.74) is 5.07. The molecule has 0 aromatic carbocycles. The maximum absolute atomic E-state index is 11.3. The maximum Gasteiger partial charge on any atom is 0.334 e. The van der Waals surface area contributed by atoms with Gasteiger partial charge in [-0.2, -0.15) is 0 Å². The number of carboxylic acids is 1. The molecule has 0 bridgehead atoms. The van der Waals surface area contributed by atoms with Crippen molar-refractivity contribution in [3.63, 3.8) is 0 Å². The number of carbonyl (C=O) groups is 3. The van der Waals surface area contributed by atoms with Gasteiger partial charge in [0.2, 0.25) is 5.91 Å². The molecule has 3 amide bonds. The van der Waals surface area contributed by atoms with E-state index in [1.807, 2.05) is 0 Å². The zero-order valence-electron chi connectivity index (χ0n) is 9.64. The highest BCUT2D eigenvalue weighted by Crippen LogP contribution is 2.00. The first-order valence-corrected chi connectivity index (χ1v) is 5.00. The van der Waals surface area contributed by atoms with Crippen LogP contribution in [0, 0.1) is 5.92 Å². The van der Waals surface area contributed by atoms with E-state index in [1.165, 1.54) is 0 Å². The number of nitrogens with two attached hydrogens (primary N) is 1. The lowest BCUT2D eigenvalue weighted by molar-refractivity contribution is -0.146. The van der Waals surface area contributed by atoms with Crippen molar-refractivity contribution in [1.82, 2.24) is 10.6 Å².